The molecule has 108 valence electrons. The van der Waals surface area contributed by atoms with Crippen LogP contribution >= 0.6 is 0 Å². The van der Waals surface area contributed by atoms with Crippen LogP contribution in [0, 0.1) is 11.3 Å². The predicted octanol–water partition coefficient (Wildman–Crippen LogP) is 4.12. The Morgan fingerprint density at radius 3 is 2.77 bits per heavy atom. The molecule has 0 saturated heterocycles. The van der Waals surface area contributed by atoms with Crippen LogP contribution in [0.3, 0.4) is 0 Å². The zero-order chi connectivity index (χ0) is 14.9. The van der Waals surface area contributed by atoms with Gasteiger partial charge in [0.25, 0.3) is 0 Å². The smallest absolute Gasteiger partial charge is 0.0991 e. The average molecular weight is 286 g/mol. The van der Waals surface area contributed by atoms with Crippen molar-refractivity contribution in [1.29, 1.82) is 5.26 Å². The van der Waals surface area contributed by atoms with E-state index < -0.39 is 0 Å². The maximum Gasteiger partial charge on any atom is 0.0991 e. The summed E-state index contributed by atoms with van der Waals surface area (Å²) in [6.07, 6.45) is 3.35. The van der Waals surface area contributed by atoms with E-state index in [-0.39, 0.29) is 0 Å². The fraction of sp³-hybridized carbons (Fsp3) is 0.250. The van der Waals surface area contributed by atoms with Gasteiger partial charge in [0.15, 0.2) is 0 Å². The highest BCUT2D eigenvalue weighted by molar-refractivity contribution is 5.77. The molecule has 22 heavy (non-hydrogen) atoms. The van der Waals surface area contributed by atoms with Crippen LogP contribution in [-0.2, 0) is 13.0 Å². The second kappa shape index (κ2) is 5.35. The van der Waals surface area contributed by atoms with Crippen molar-refractivity contribution in [3.8, 4) is 6.07 Å². The van der Waals surface area contributed by atoms with Crippen molar-refractivity contribution in [3.63, 3.8) is 0 Å². The zero-order valence-electron chi connectivity index (χ0n) is 12.5. The Balaban J connectivity index is 1.68. The van der Waals surface area contributed by atoms with Crippen LogP contribution in [0.1, 0.15) is 35.1 Å². The van der Waals surface area contributed by atoms with E-state index in [1.54, 1.807) is 0 Å². The summed E-state index contributed by atoms with van der Waals surface area (Å²) >= 11 is 0. The van der Waals surface area contributed by atoms with Crippen molar-refractivity contribution in [3.05, 3.63) is 76.5 Å². The first-order valence-electron chi connectivity index (χ1n) is 7.89. The van der Waals surface area contributed by atoms with E-state index in [1.165, 1.54) is 34.4 Å². The molecule has 2 heteroatoms. The van der Waals surface area contributed by atoms with Gasteiger partial charge in [-0.15, -0.1) is 0 Å². The molecule has 0 aromatic heterocycles. The summed E-state index contributed by atoms with van der Waals surface area (Å²) in [5.74, 6) is 0. The predicted molar refractivity (Wildman–Crippen MR) is 87.9 cm³/mol. The fourth-order valence-corrected chi connectivity index (χ4v) is 3.67. The van der Waals surface area contributed by atoms with Crippen LogP contribution < -0.4 is 0 Å². The largest absolute Gasteiger partial charge is 0.370 e. The van der Waals surface area contributed by atoms with Gasteiger partial charge >= 0.3 is 0 Å². The molecule has 0 N–H and O–H groups in total. The number of hydrogen-bond donors (Lipinski definition) is 0. The number of fused-ring (bicyclic) bond motifs is 2. The van der Waals surface area contributed by atoms with Crippen molar-refractivity contribution in [2.75, 3.05) is 6.54 Å². The van der Waals surface area contributed by atoms with E-state index in [4.69, 9.17) is 5.26 Å². The summed E-state index contributed by atoms with van der Waals surface area (Å²) in [6, 6.07) is 19.1. The number of nitrogens with zero attached hydrogens (tertiary/aromatic N) is 2. The van der Waals surface area contributed by atoms with Crippen LogP contribution in [0.4, 0.5) is 0 Å². The lowest BCUT2D eigenvalue weighted by molar-refractivity contribution is 0.317. The monoisotopic (exact) mass is 286 g/mol. The molecule has 0 atom stereocenters. The standard InChI is InChI=1S/C20H18N2/c21-13-16-8-9-17-12-20-18(19(17)11-16)7-4-10-22(20)14-15-5-2-1-3-6-15/h1-3,5-6,8-9,11H,4,7,10,12,14H2. The molecule has 1 aliphatic carbocycles. The Morgan fingerprint density at radius 2 is 1.95 bits per heavy atom. The lowest BCUT2D eigenvalue weighted by Gasteiger charge is -2.31. The number of nitriles is 1. The second-order valence-electron chi connectivity index (χ2n) is 6.10. The number of rotatable bonds is 2. The third-order valence-corrected chi connectivity index (χ3v) is 4.72. The third kappa shape index (κ3) is 2.19. The van der Waals surface area contributed by atoms with Crippen molar-refractivity contribution < 1.29 is 0 Å². The second-order valence-corrected chi connectivity index (χ2v) is 6.10. The van der Waals surface area contributed by atoms with Gasteiger partial charge < -0.3 is 4.90 Å². The molecule has 1 aliphatic heterocycles. The zero-order valence-corrected chi connectivity index (χ0v) is 12.5. The van der Waals surface area contributed by atoms with E-state index in [9.17, 15) is 0 Å². The Hall–Kier alpha value is -2.53. The Morgan fingerprint density at radius 1 is 1.09 bits per heavy atom. The maximum absolute atomic E-state index is 9.14. The number of benzene rings is 2. The number of hydrogen-bond acceptors (Lipinski definition) is 2. The minimum atomic E-state index is 0.771. The van der Waals surface area contributed by atoms with E-state index in [1.807, 2.05) is 6.07 Å². The summed E-state index contributed by atoms with van der Waals surface area (Å²) < 4.78 is 0. The molecule has 0 spiro atoms. The molecule has 4 rings (SSSR count). The molecule has 0 radical (unpaired) electrons. The van der Waals surface area contributed by atoms with Gasteiger partial charge in [0.2, 0.25) is 0 Å². The van der Waals surface area contributed by atoms with Gasteiger partial charge in [0, 0.05) is 25.2 Å². The van der Waals surface area contributed by atoms with Crippen molar-refractivity contribution in [1.82, 2.24) is 4.90 Å². The third-order valence-electron chi connectivity index (χ3n) is 4.72. The summed E-state index contributed by atoms with van der Waals surface area (Å²) in [4.78, 5) is 2.53. The number of allylic oxidation sites excluding steroid dienone is 2. The molecule has 0 bridgehead atoms. The highest BCUT2D eigenvalue weighted by Crippen LogP contribution is 2.41. The first kappa shape index (κ1) is 13.2. The van der Waals surface area contributed by atoms with Crippen molar-refractivity contribution in [2.45, 2.75) is 25.8 Å². The van der Waals surface area contributed by atoms with Crippen LogP contribution in [0.5, 0.6) is 0 Å². The molecule has 0 unspecified atom stereocenters. The van der Waals surface area contributed by atoms with E-state index in [0.717, 1.165) is 31.5 Å². The minimum Gasteiger partial charge on any atom is -0.370 e. The Bertz CT molecular complexity index is 781. The highest BCUT2D eigenvalue weighted by atomic mass is 15.1. The molecular weight excluding hydrogens is 268 g/mol. The van der Waals surface area contributed by atoms with Crippen LogP contribution in [0.2, 0.25) is 0 Å². The average Bonchev–Trinajstić information content (AvgIpc) is 2.95. The van der Waals surface area contributed by atoms with Gasteiger partial charge in [-0.2, -0.15) is 5.26 Å². The van der Waals surface area contributed by atoms with Crippen LogP contribution in [0.25, 0.3) is 5.57 Å². The highest BCUT2D eigenvalue weighted by Gasteiger charge is 2.28. The van der Waals surface area contributed by atoms with Gasteiger partial charge in [0.05, 0.1) is 11.6 Å². The van der Waals surface area contributed by atoms with Gasteiger partial charge in [-0.05, 0) is 47.2 Å². The summed E-state index contributed by atoms with van der Waals surface area (Å²) in [5.41, 5.74) is 7.77. The van der Waals surface area contributed by atoms with E-state index >= 15 is 0 Å². The molecule has 0 saturated carbocycles. The Labute approximate surface area is 131 Å². The molecular formula is C20H18N2. The quantitative estimate of drug-likeness (QED) is 0.830. The molecule has 2 nitrogen and oxygen atoms in total. The van der Waals surface area contributed by atoms with Gasteiger partial charge in [-0.1, -0.05) is 36.4 Å². The lowest BCUT2D eigenvalue weighted by Crippen LogP contribution is -2.27. The van der Waals surface area contributed by atoms with E-state index in [2.05, 4.69) is 53.4 Å². The molecule has 2 aromatic carbocycles. The van der Waals surface area contributed by atoms with Gasteiger partial charge in [-0.3, -0.25) is 0 Å². The molecule has 0 amide bonds. The molecule has 1 heterocycles. The summed E-state index contributed by atoms with van der Waals surface area (Å²) in [7, 11) is 0. The van der Waals surface area contributed by atoms with Crippen molar-refractivity contribution >= 4 is 5.57 Å². The lowest BCUT2D eigenvalue weighted by atomic mass is 9.97. The Kier molecular flexibility index (Phi) is 3.20. The minimum absolute atomic E-state index is 0.771. The first-order chi connectivity index (χ1) is 10.8. The molecule has 0 fully saturated rings. The van der Waals surface area contributed by atoms with Crippen LogP contribution in [-0.4, -0.2) is 11.4 Å². The summed E-state index contributed by atoms with van der Waals surface area (Å²) in [6.45, 7) is 2.12. The van der Waals surface area contributed by atoms with Crippen LogP contribution in [0.15, 0.2) is 54.2 Å². The maximum atomic E-state index is 9.14. The van der Waals surface area contributed by atoms with Gasteiger partial charge in [-0.25, -0.2) is 0 Å². The first-order valence-corrected chi connectivity index (χ1v) is 7.89. The SMILES string of the molecule is N#Cc1ccc2c(c1)C1=C(C2)N(Cc2ccccc2)CCC1. The summed E-state index contributed by atoms with van der Waals surface area (Å²) in [5, 5.41) is 9.14. The van der Waals surface area contributed by atoms with Crippen molar-refractivity contribution in [2.24, 2.45) is 0 Å². The van der Waals surface area contributed by atoms with E-state index in [0.29, 0.717) is 0 Å². The molecule has 2 aliphatic rings. The fourth-order valence-electron chi connectivity index (χ4n) is 3.67. The topological polar surface area (TPSA) is 27.0 Å². The molecule has 2 aromatic rings. The normalized spacial score (nSPS) is 16.2. The van der Waals surface area contributed by atoms with Gasteiger partial charge in [0.1, 0.15) is 0 Å².